The van der Waals surface area contributed by atoms with Gasteiger partial charge in [-0.15, -0.1) is 0 Å². The normalized spacial score (nSPS) is 14.4. The van der Waals surface area contributed by atoms with Crippen LogP contribution in [0.3, 0.4) is 0 Å². The second-order valence-corrected chi connectivity index (χ2v) is 9.59. The summed E-state index contributed by atoms with van der Waals surface area (Å²) in [6.07, 6.45) is -2.22. The summed E-state index contributed by atoms with van der Waals surface area (Å²) >= 11 is 0. The third-order valence-electron chi connectivity index (χ3n) is 6.69. The summed E-state index contributed by atoms with van der Waals surface area (Å²) in [5.74, 6) is 0.162. The minimum atomic E-state index is -4.62. The molecule has 0 aliphatic heterocycles. The molecule has 0 bridgehead atoms. The van der Waals surface area contributed by atoms with E-state index in [1.54, 1.807) is 36.4 Å². The molecule has 38 heavy (non-hydrogen) atoms. The van der Waals surface area contributed by atoms with Gasteiger partial charge < -0.3 is 16.4 Å². The van der Waals surface area contributed by atoms with Gasteiger partial charge in [0.1, 0.15) is 5.82 Å². The van der Waals surface area contributed by atoms with Gasteiger partial charge >= 0.3 is 6.18 Å². The Morgan fingerprint density at radius 2 is 1.74 bits per heavy atom. The molecule has 1 aliphatic rings. The zero-order chi connectivity index (χ0) is 26.7. The molecule has 1 atom stereocenters. The number of aromatic nitrogens is 2. The summed E-state index contributed by atoms with van der Waals surface area (Å²) in [5.41, 5.74) is 8.26. The second kappa shape index (κ2) is 11.0. The van der Waals surface area contributed by atoms with E-state index in [1.807, 2.05) is 30.3 Å². The van der Waals surface area contributed by atoms with Gasteiger partial charge in [-0.25, -0.2) is 9.07 Å². The SMILES string of the molecule is NCc1cccc(-n2nc(C(F)(F)F)cc2CNc2cc(C(NCC3CC3)c3ccccc3)ccc2F)c1. The molecular formula is C29H29F4N5. The molecule has 9 heteroatoms. The molecule has 5 rings (SSSR count). The minimum absolute atomic E-state index is 0.0676. The fraction of sp³-hybridized carbons (Fsp3) is 0.276. The quantitative estimate of drug-likeness (QED) is 0.217. The fourth-order valence-corrected chi connectivity index (χ4v) is 4.45. The molecule has 0 radical (unpaired) electrons. The average Bonchev–Trinajstić information content (AvgIpc) is 3.64. The highest BCUT2D eigenvalue weighted by Crippen LogP contribution is 2.32. The van der Waals surface area contributed by atoms with Crippen molar-refractivity contribution in [1.82, 2.24) is 15.1 Å². The molecule has 0 saturated heterocycles. The van der Waals surface area contributed by atoms with Crippen molar-refractivity contribution in [2.45, 2.75) is 38.1 Å². The molecule has 5 nitrogen and oxygen atoms in total. The van der Waals surface area contributed by atoms with Crippen molar-refractivity contribution in [2.24, 2.45) is 11.7 Å². The number of nitrogens with two attached hydrogens (primary N) is 1. The first-order chi connectivity index (χ1) is 18.3. The van der Waals surface area contributed by atoms with E-state index in [-0.39, 0.29) is 30.5 Å². The van der Waals surface area contributed by atoms with E-state index in [0.29, 0.717) is 11.6 Å². The summed E-state index contributed by atoms with van der Waals surface area (Å²) in [7, 11) is 0. The van der Waals surface area contributed by atoms with Crippen LogP contribution in [-0.2, 0) is 19.3 Å². The number of hydrogen-bond donors (Lipinski definition) is 3. The van der Waals surface area contributed by atoms with Crippen molar-refractivity contribution in [2.75, 3.05) is 11.9 Å². The molecule has 4 N–H and O–H groups in total. The van der Waals surface area contributed by atoms with Crippen LogP contribution in [0.15, 0.2) is 78.9 Å². The number of benzene rings is 3. The Bertz CT molecular complexity index is 1380. The monoisotopic (exact) mass is 523 g/mol. The summed E-state index contributed by atoms with van der Waals surface area (Å²) < 4.78 is 56.7. The van der Waals surface area contributed by atoms with Gasteiger partial charge in [0.25, 0.3) is 0 Å². The standard InChI is InChI=1S/C29H29F4N5/c30-25-12-11-22(28(36-17-19-9-10-19)21-6-2-1-3-7-21)14-26(25)35-18-24-15-27(29(31,32)33)37-38(24)23-8-4-5-20(13-23)16-34/h1-8,11-15,19,28,35-36H,9-10,16-18,34H2. The van der Waals surface area contributed by atoms with Gasteiger partial charge in [-0.1, -0.05) is 48.5 Å². The van der Waals surface area contributed by atoms with Crippen molar-refractivity contribution in [3.05, 3.63) is 113 Å². The van der Waals surface area contributed by atoms with Crippen molar-refractivity contribution >= 4 is 5.69 Å². The van der Waals surface area contributed by atoms with Gasteiger partial charge in [0.15, 0.2) is 5.69 Å². The Labute approximate surface area is 218 Å². The third kappa shape index (κ3) is 6.06. The summed E-state index contributed by atoms with van der Waals surface area (Å²) in [6, 6.07) is 22.4. The first-order valence-corrected chi connectivity index (χ1v) is 12.6. The molecular weight excluding hydrogens is 494 g/mol. The minimum Gasteiger partial charge on any atom is -0.377 e. The topological polar surface area (TPSA) is 67.9 Å². The lowest BCUT2D eigenvalue weighted by atomic mass is 9.98. The summed E-state index contributed by atoms with van der Waals surface area (Å²) in [5, 5.41) is 10.4. The number of alkyl halides is 3. The van der Waals surface area contributed by atoms with E-state index in [9.17, 15) is 17.6 Å². The second-order valence-electron chi connectivity index (χ2n) is 9.59. The molecule has 0 spiro atoms. The van der Waals surface area contributed by atoms with Crippen LogP contribution in [0.25, 0.3) is 5.69 Å². The van der Waals surface area contributed by atoms with Crippen LogP contribution < -0.4 is 16.4 Å². The van der Waals surface area contributed by atoms with Gasteiger partial charge in [-0.3, -0.25) is 0 Å². The number of halogens is 4. The highest BCUT2D eigenvalue weighted by Gasteiger charge is 2.35. The predicted molar refractivity (Wildman–Crippen MR) is 139 cm³/mol. The Morgan fingerprint density at radius 3 is 2.45 bits per heavy atom. The van der Waals surface area contributed by atoms with Crippen molar-refractivity contribution in [3.63, 3.8) is 0 Å². The Kier molecular flexibility index (Phi) is 7.49. The van der Waals surface area contributed by atoms with Crippen molar-refractivity contribution in [1.29, 1.82) is 0 Å². The van der Waals surface area contributed by atoms with Gasteiger partial charge in [-0.2, -0.15) is 18.3 Å². The van der Waals surface area contributed by atoms with E-state index >= 15 is 0 Å². The lowest BCUT2D eigenvalue weighted by molar-refractivity contribution is -0.141. The summed E-state index contributed by atoms with van der Waals surface area (Å²) in [6.45, 7) is 1.03. The van der Waals surface area contributed by atoms with Crippen LogP contribution in [0.1, 0.15) is 47.0 Å². The molecule has 3 aromatic carbocycles. The zero-order valence-corrected chi connectivity index (χ0v) is 20.7. The number of anilines is 1. The largest absolute Gasteiger partial charge is 0.435 e. The maximum absolute atomic E-state index is 14.9. The van der Waals surface area contributed by atoms with Crippen molar-refractivity contribution in [3.8, 4) is 5.69 Å². The maximum Gasteiger partial charge on any atom is 0.435 e. The number of nitrogens with one attached hydrogen (secondary N) is 2. The smallest absolute Gasteiger partial charge is 0.377 e. The highest BCUT2D eigenvalue weighted by molar-refractivity contribution is 5.50. The highest BCUT2D eigenvalue weighted by atomic mass is 19.4. The van der Waals surface area contributed by atoms with Gasteiger partial charge in [0, 0.05) is 6.54 Å². The van der Waals surface area contributed by atoms with Crippen LogP contribution in [0, 0.1) is 11.7 Å². The molecule has 4 aromatic rings. The third-order valence-corrected chi connectivity index (χ3v) is 6.69. The van der Waals surface area contributed by atoms with Crippen LogP contribution in [0.4, 0.5) is 23.2 Å². The first kappa shape index (κ1) is 25.9. The number of rotatable bonds is 10. The first-order valence-electron chi connectivity index (χ1n) is 12.6. The molecule has 198 valence electrons. The molecule has 1 aliphatic carbocycles. The summed E-state index contributed by atoms with van der Waals surface area (Å²) in [4.78, 5) is 0. The van der Waals surface area contributed by atoms with Gasteiger partial charge in [0.05, 0.1) is 29.7 Å². The maximum atomic E-state index is 14.9. The molecule has 1 heterocycles. The lowest BCUT2D eigenvalue weighted by Crippen LogP contribution is -2.24. The van der Waals surface area contributed by atoms with Crippen LogP contribution in [0.5, 0.6) is 0 Å². The predicted octanol–water partition coefficient (Wildman–Crippen LogP) is 6.19. The molecule has 1 unspecified atom stereocenters. The van der Waals surface area contributed by atoms with Crippen LogP contribution in [-0.4, -0.2) is 16.3 Å². The van der Waals surface area contributed by atoms with E-state index in [1.165, 1.54) is 23.6 Å². The average molecular weight is 524 g/mol. The van der Waals surface area contributed by atoms with E-state index < -0.39 is 17.7 Å². The lowest BCUT2D eigenvalue weighted by Gasteiger charge is -2.21. The van der Waals surface area contributed by atoms with E-state index in [4.69, 9.17) is 5.73 Å². The van der Waals surface area contributed by atoms with Crippen molar-refractivity contribution < 1.29 is 17.6 Å². The Balaban J connectivity index is 1.43. The molecule has 1 fully saturated rings. The fourth-order valence-electron chi connectivity index (χ4n) is 4.45. The van der Waals surface area contributed by atoms with Crippen LogP contribution in [0.2, 0.25) is 0 Å². The Hall–Kier alpha value is -3.69. The number of nitrogens with zero attached hydrogens (tertiary/aromatic N) is 2. The molecule has 1 aromatic heterocycles. The van der Waals surface area contributed by atoms with Crippen LogP contribution >= 0.6 is 0 Å². The van der Waals surface area contributed by atoms with E-state index in [0.717, 1.165) is 29.3 Å². The van der Waals surface area contributed by atoms with Gasteiger partial charge in [0.2, 0.25) is 0 Å². The van der Waals surface area contributed by atoms with E-state index in [2.05, 4.69) is 15.7 Å². The zero-order valence-electron chi connectivity index (χ0n) is 20.7. The number of hydrogen-bond acceptors (Lipinski definition) is 4. The Morgan fingerprint density at radius 1 is 0.947 bits per heavy atom. The molecule has 0 amide bonds. The molecule has 1 saturated carbocycles. The van der Waals surface area contributed by atoms with Gasteiger partial charge in [-0.05, 0) is 72.3 Å².